The minimum Gasteiger partial charge on any atom is -0.312 e. The first-order valence-electron chi connectivity index (χ1n) is 7.14. The van der Waals surface area contributed by atoms with E-state index in [0.717, 1.165) is 24.7 Å². The van der Waals surface area contributed by atoms with Gasteiger partial charge < -0.3 is 10.2 Å². The number of nitrogens with zero attached hydrogens (tertiary/aromatic N) is 2. The van der Waals surface area contributed by atoms with Crippen molar-refractivity contribution in [2.24, 2.45) is 5.92 Å². The monoisotopic (exact) mass is 250 g/mol. The number of H-pyrrole nitrogens is 1. The molecule has 1 atom stereocenters. The van der Waals surface area contributed by atoms with Crippen molar-refractivity contribution in [2.75, 3.05) is 26.2 Å². The molecule has 2 heterocycles. The quantitative estimate of drug-likeness (QED) is 0.838. The Balaban J connectivity index is 1.75. The molecule has 1 aliphatic heterocycles. The SMILES string of the molecule is CCN1CCC[C@H](CNCc2c(C)n[nH]c2C)C1. The predicted octanol–water partition coefficient (Wildman–Crippen LogP) is 1.85. The van der Waals surface area contributed by atoms with Crippen LogP contribution in [0, 0.1) is 19.8 Å². The normalized spacial score (nSPS) is 21.4. The van der Waals surface area contributed by atoms with Gasteiger partial charge in [0.05, 0.1) is 5.69 Å². The van der Waals surface area contributed by atoms with Crippen LogP contribution in [0.1, 0.15) is 36.7 Å². The summed E-state index contributed by atoms with van der Waals surface area (Å²) in [6, 6.07) is 0. The van der Waals surface area contributed by atoms with Gasteiger partial charge in [-0.15, -0.1) is 0 Å². The maximum absolute atomic E-state index is 4.23. The zero-order valence-corrected chi connectivity index (χ0v) is 11.9. The third-order valence-electron chi connectivity index (χ3n) is 4.07. The van der Waals surface area contributed by atoms with E-state index in [1.807, 2.05) is 0 Å². The number of hydrogen-bond donors (Lipinski definition) is 2. The van der Waals surface area contributed by atoms with E-state index in [9.17, 15) is 0 Å². The van der Waals surface area contributed by atoms with Crippen molar-refractivity contribution in [2.45, 2.75) is 40.2 Å². The van der Waals surface area contributed by atoms with Crippen LogP contribution in [0.3, 0.4) is 0 Å². The molecule has 102 valence electrons. The molecule has 1 aliphatic rings. The Morgan fingerprint density at radius 2 is 2.28 bits per heavy atom. The lowest BCUT2D eigenvalue weighted by Crippen LogP contribution is -2.39. The summed E-state index contributed by atoms with van der Waals surface area (Å²) in [4.78, 5) is 2.56. The standard InChI is InChI=1S/C14H26N4/c1-4-18-7-5-6-13(10-18)8-15-9-14-11(2)16-17-12(14)3/h13,15H,4-10H2,1-3H3,(H,16,17)/t13-/m1/s1. The van der Waals surface area contributed by atoms with Crippen molar-refractivity contribution in [3.63, 3.8) is 0 Å². The highest BCUT2D eigenvalue weighted by Crippen LogP contribution is 2.15. The number of hydrogen-bond acceptors (Lipinski definition) is 3. The van der Waals surface area contributed by atoms with E-state index in [1.54, 1.807) is 0 Å². The van der Waals surface area contributed by atoms with Crippen LogP contribution in [-0.4, -0.2) is 41.3 Å². The van der Waals surface area contributed by atoms with Crippen LogP contribution in [0.15, 0.2) is 0 Å². The van der Waals surface area contributed by atoms with Crippen molar-refractivity contribution >= 4 is 0 Å². The fourth-order valence-electron chi connectivity index (χ4n) is 2.84. The highest BCUT2D eigenvalue weighted by molar-refractivity contribution is 5.22. The molecule has 0 radical (unpaired) electrons. The molecule has 1 fully saturated rings. The summed E-state index contributed by atoms with van der Waals surface area (Å²) in [7, 11) is 0. The highest BCUT2D eigenvalue weighted by Gasteiger charge is 2.18. The van der Waals surface area contributed by atoms with Crippen molar-refractivity contribution in [3.8, 4) is 0 Å². The fraction of sp³-hybridized carbons (Fsp3) is 0.786. The molecular formula is C14H26N4. The van der Waals surface area contributed by atoms with Gasteiger partial charge in [-0.05, 0) is 52.2 Å². The van der Waals surface area contributed by atoms with E-state index in [4.69, 9.17) is 0 Å². The number of nitrogens with one attached hydrogen (secondary N) is 2. The lowest BCUT2D eigenvalue weighted by molar-refractivity contribution is 0.180. The lowest BCUT2D eigenvalue weighted by atomic mass is 9.98. The van der Waals surface area contributed by atoms with Crippen LogP contribution < -0.4 is 5.32 Å². The van der Waals surface area contributed by atoms with Gasteiger partial charge in [0.1, 0.15) is 0 Å². The van der Waals surface area contributed by atoms with Gasteiger partial charge in [0.15, 0.2) is 0 Å². The van der Waals surface area contributed by atoms with Crippen molar-refractivity contribution in [1.82, 2.24) is 20.4 Å². The Hall–Kier alpha value is -0.870. The second-order valence-electron chi connectivity index (χ2n) is 5.44. The van der Waals surface area contributed by atoms with E-state index in [-0.39, 0.29) is 0 Å². The molecule has 2 rings (SSSR count). The van der Waals surface area contributed by atoms with Crippen LogP contribution in [0.2, 0.25) is 0 Å². The number of rotatable bonds is 5. The van der Waals surface area contributed by atoms with Gasteiger partial charge in [0, 0.05) is 24.3 Å². The topological polar surface area (TPSA) is 44.0 Å². The smallest absolute Gasteiger partial charge is 0.0638 e. The first-order chi connectivity index (χ1) is 8.70. The number of aromatic amines is 1. The number of aryl methyl sites for hydroxylation is 2. The van der Waals surface area contributed by atoms with Crippen LogP contribution in [0.5, 0.6) is 0 Å². The average molecular weight is 250 g/mol. The van der Waals surface area contributed by atoms with Crippen molar-refractivity contribution in [3.05, 3.63) is 17.0 Å². The number of likely N-dealkylation sites (tertiary alicyclic amines) is 1. The van der Waals surface area contributed by atoms with Gasteiger partial charge in [-0.3, -0.25) is 5.10 Å². The van der Waals surface area contributed by atoms with Crippen LogP contribution >= 0.6 is 0 Å². The summed E-state index contributed by atoms with van der Waals surface area (Å²) in [5.41, 5.74) is 3.65. The summed E-state index contributed by atoms with van der Waals surface area (Å²) in [5, 5.41) is 10.9. The minimum atomic E-state index is 0.811. The van der Waals surface area contributed by atoms with E-state index in [1.165, 1.54) is 43.7 Å². The summed E-state index contributed by atoms with van der Waals surface area (Å²) < 4.78 is 0. The van der Waals surface area contributed by atoms with Crippen LogP contribution in [0.25, 0.3) is 0 Å². The first kappa shape index (κ1) is 13.6. The molecular weight excluding hydrogens is 224 g/mol. The summed E-state index contributed by atoms with van der Waals surface area (Å²) >= 11 is 0. The zero-order chi connectivity index (χ0) is 13.0. The molecule has 0 amide bonds. The summed E-state index contributed by atoms with van der Waals surface area (Å²) in [6.07, 6.45) is 2.72. The third kappa shape index (κ3) is 3.33. The third-order valence-corrected chi connectivity index (χ3v) is 4.07. The van der Waals surface area contributed by atoms with Crippen molar-refractivity contribution in [1.29, 1.82) is 0 Å². The largest absolute Gasteiger partial charge is 0.312 e. The van der Waals surface area contributed by atoms with Crippen LogP contribution in [-0.2, 0) is 6.54 Å². The van der Waals surface area contributed by atoms with Crippen LogP contribution in [0.4, 0.5) is 0 Å². The summed E-state index contributed by atoms with van der Waals surface area (Å²) in [6.45, 7) is 12.2. The average Bonchev–Trinajstić information content (AvgIpc) is 2.70. The second-order valence-corrected chi connectivity index (χ2v) is 5.44. The fourth-order valence-corrected chi connectivity index (χ4v) is 2.84. The molecule has 4 heteroatoms. The Labute approximate surface area is 110 Å². The van der Waals surface area contributed by atoms with Crippen molar-refractivity contribution < 1.29 is 0 Å². The molecule has 0 spiro atoms. The maximum Gasteiger partial charge on any atom is 0.0638 e. The molecule has 1 aromatic heterocycles. The van der Waals surface area contributed by atoms with E-state index < -0.39 is 0 Å². The van der Waals surface area contributed by atoms with Gasteiger partial charge in [0.25, 0.3) is 0 Å². The highest BCUT2D eigenvalue weighted by atomic mass is 15.1. The molecule has 1 saturated heterocycles. The Bertz CT molecular complexity index is 352. The maximum atomic E-state index is 4.23. The van der Waals surface area contributed by atoms with E-state index in [2.05, 4.69) is 41.2 Å². The van der Waals surface area contributed by atoms with E-state index in [0.29, 0.717) is 0 Å². The Morgan fingerprint density at radius 1 is 1.44 bits per heavy atom. The molecule has 0 unspecified atom stereocenters. The molecule has 18 heavy (non-hydrogen) atoms. The molecule has 0 aliphatic carbocycles. The van der Waals surface area contributed by atoms with Gasteiger partial charge >= 0.3 is 0 Å². The molecule has 0 saturated carbocycles. The van der Waals surface area contributed by atoms with Gasteiger partial charge in [-0.2, -0.15) is 5.10 Å². The molecule has 2 N–H and O–H groups in total. The van der Waals surface area contributed by atoms with Gasteiger partial charge in [-0.25, -0.2) is 0 Å². The van der Waals surface area contributed by atoms with E-state index >= 15 is 0 Å². The van der Waals surface area contributed by atoms with Gasteiger partial charge in [0.2, 0.25) is 0 Å². The molecule has 0 bridgehead atoms. The second kappa shape index (κ2) is 6.34. The molecule has 0 aromatic carbocycles. The number of piperidine rings is 1. The molecule has 1 aromatic rings. The first-order valence-corrected chi connectivity index (χ1v) is 7.14. The predicted molar refractivity (Wildman–Crippen MR) is 74.6 cm³/mol. The van der Waals surface area contributed by atoms with Gasteiger partial charge in [-0.1, -0.05) is 6.92 Å². The minimum absolute atomic E-state index is 0.811. The summed E-state index contributed by atoms with van der Waals surface area (Å²) in [5.74, 6) is 0.811. The lowest BCUT2D eigenvalue weighted by Gasteiger charge is -2.31. The number of aromatic nitrogens is 2. The Kier molecular flexibility index (Phi) is 4.78. The Morgan fingerprint density at radius 3 is 2.94 bits per heavy atom. The zero-order valence-electron chi connectivity index (χ0n) is 11.9. The molecule has 4 nitrogen and oxygen atoms in total.